The van der Waals surface area contributed by atoms with Gasteiger partial charge < -0.3 is 15.0 Å². The summed E-state index contributed by atoms with van der Waals surface area (Å²) >= 11 is 0. The molecule has 1 aliphatic rings. The molecule has 168 valence electrons. The highest BCUT2D eigenvalue weighted by atomic mass is 32.2. The molecule has 1 aliphatic carbocycles. The number of rotatable bonds is 8. The Balaban J connectivity index is 2.46. The van der Waals surface area contributed by atoms with Gasteiger partial charge in [0.2, 0.25) is 0 Å². The third-order valence-corrected chi connectivity index (χ3v) is 6.49. The summed E-state index contributed by atoms with van der Waals surface area (Å²) < 4.78 is 24.6. The van der Waals surface area contributed by atoms with Crippen LogP contribution in [0.5, 0.6) is 0 Å². The van der Waals surface area contributed by atoms with E-state index in [1.165, 1.54) is 4.57 Å². The molecule has 1 aromatic rings. The lowest BCUT2D eigenvalue weighted by atomic mass is 9.95. The van der Waals surface area contributed by atoms with E-state index in [-0.39, 0.29) is 30.2 Å². The summed E-state index contributed by atoms with van der Waals surface area (Å²) in [5.74, 6) is -2.24. The Morgan fingerprint density at radius 3 is 2.37 bits per heavy atom. The minimum Gasteiger partial charge on any atom is -0.480 e. The molecule has 1 unspecified atom stereocenters. The van der Waals surface area contributed by atoms with Crippen molar-refractivity contribution < 1.29 is 23.1 Å². The zero-order valence-corrected chi connectivity index (χ0v) is 18.8. The molecule has 0 fully saturated rings. The molecule has 0 aliphatic heterocycles. The van der Waals surface area contributed by atoms with Crippen LogP contribution in [0.3, 0.4) is 0 Å². The summed E-state index contributed by atoms with van der Waals surface area (Å²) in [6.07, 6.45) is 6.88. The van der Waals surface area contributed by atoms with Crippen LogP contribution in [0, 0.1) is 5.92 Å². The van der Waals surface area contributed by atoms with Crippen LogP contribution in [0.4, 0.5) is 0 Å². The Morgan fingerprint density at radius 1 is 1.17 bits per heavy atom. The number of hydrogen-bond donors (Lipinski definition) is 2. The first kappa shape index (κ1) is 24.1. The van der Waals surface area contributed by atoms with Gasteiger partial charge in [0.25, 0.3) is 11.5 Å². The van der Waals surface area contributed by atoms with E-state index in [1.807, 2.05) is 0 Å². The minimum absolute atomic E-state index is 0.0426. The largest absolute Gasteiger partial charge is 0.480 e. The average Bonchev–Trinajstić information content (AvgIpc) is 2.60. The Morgan fingerprint density at radius 2 is 1.80 bits per heavy atom. The second kappa shape index (κ2) is 10.2. The minimum atomic E-state index is -3.16. The van der Waals surface area contributed by atoms with E-state index in [4.69, 9.17) is 0 Å². The fraction of sp³-hybridized carbons (Fsp3) is 0.667. The third-order valence-electron chi connectivity index (χ3n) is 5.46. The molecular formula is C21H32N2O6S. The van der Waals surface area contributed by atoms with Gasteiger partial charge in [-0.2, -0.15) is 0 Å². The van der Waals surface area contributed by atoms with Crippen LogP contribution in [-0.2, 0) is 34.0 Å². The second-order valence-corrected chi connectivity index (χ2v) is 10.7. The number of sulfone groups is 1. The number of aromatic nitrogens is 1. The van der Waals surface area contributed by atoms with Crippen LogP contribution in [0.25, 0.3) is 0 Å². The Labute approximate surface area is 177 Å². The summed E-state index contributed by atoms with van der Waals surface area (Å²) in [4.78, 5) is 37.4. The smallest absolute Gasteiger partial charge is 0.326 e. The topological polar surface area (TPSA) is 123 Å². The summed E-state index contributed by atoms with van der Waals surface area (Å²) in [6.45, 7) is 3.58. The first-order valence-corrected chi connectivity index (χ1v) is 12.5. The van der Waals surface area contributed by atoms with Gasteiger partial charge in [0.1, 0.15) is 21.4 Å². The highest BCUT2D eigenvalue weighted by Crippen LogP contribution is 2.21. The molecule has 2 N–H and O–H groups in total. The van der Waals surface area contributed by atoms with Crippen molar-refractivity contribution >= 4 is 21.7 Å². The molecule has 2 rings (SSSR count). The van der Waals surface area contributed by atoms with Gasteiger partial charge in [-0.1, -0.05) is 26.7 Å². The number of aliphatic carboxylic acids is 1. The Kier molecular flexibility index (Phi) is 8.23. The number of carboxylic acids is 1. The highest BCUT2D eigenvalue weighted by molar-refractivity contribution is 7.90. The number of carbonyl (C=O) groups excluding carboxylic acids is 1. The standard InChI is InChI=1S/C21H32N2O6S/c1-14(2)18(21(26)27)22-19(24)16-13-15-9-6-4-5-7-10-17(15)23(20(16)25)11-8-12-30(3,28)29/h13-14,18H,4-12H2,1-3H3,(H,22,24)(H,26,27). The van der Waals surface area contributed by atoms with Gasteiger partial charge in [0.15, 0.2) is 0 Å². The molecule has 0 radical (unpaired) electrons. The summed E-state index contributed by atoms with van der Waals surface area (Å²) in [7, 11) is -3.16. The first-order valence-electron chi connectivity index (χ1n) is 10.5. The summed E-state index contributed by atoms with van der Waals surface area (Å²) in [6, 6.07) is 0.502. The van der Waals surface area contributed by atoms with Crippen LogP contribution < -0.4 is 10.9 Å². The van der Waals surface area contributed by atoms with Crippen molar-refractivity contribution in [2.75, 3.05) is 12.0 Å². The van der Waals surface area contributed by atoms with Gasteiger partial charge >= 0.3 is 5.97 Å². The summed E-state index contributed by atoms with van der Waals surface area (Å²) in [5, 5.41) is 11.8. The fourth-order valence-electron chi connectivity index (χ4n) is 3.85. The van der Waals surface area contributed by atoms with Crippen molar-refractivity contribution in [1.82, 2.24) is 9.88 Å². The molecule has 30 heavy (non-hydrogen) atoms. The van der Waals surface area contributed by atoms with Crippen molar-refractivity contribution in [3.8, 4) is 0 Å². The first-order chi connectivity index (χ1) is 14.0. The number of nitrogens with one attached hydrogen (secondary N) is 1. The molecule has 1 heterocycles. The maximum Gasteiger partial charge on any atom is 0.326 e. The third kappa shape index (κ3) is 6.42. The molecule has 0 bridgehead atoms. The predicted molar refractivity (Wildman–Crippen MR) is 115 cm³/mol. The van der Waals surface area contributed by atoms with Crippen molar-refractivity contribution in [1.29, 1.82) is 0 Å². The molecule has 1 aromatic heterocycles. The van der Waals surface area contributed by atoms with Crippen LogP contribution in [0.15, 0.2) is 10.9 Å². The van der Waals surface area contributed by atoms with E-state index in [9.17, 15) is 27.9 Å². The van der Waals surface area contributed by atoms with E-state index in [0.717, 1.165) is 49.6 Å². The maximum atomic E-state index is 13.2. The molecule has 0 saturated carbocycles. The molecule has 0 aromatic carbocycles. The van der Waals surface area contributed by atoms with Crippen molar-refractivity contribution in [3.63, 3.8) is 0 Å². The maximum absolute atomic E-state index is 13.2. The molecule has 8 nitrogen and oxygen atoms in total. The van der Waals surface area contributed by atoms with Gasteiger partial charge in [-0.15, -0.1) is 0 Å². The predicted octanol–water partition coefficient (Wildman–Crippen LogP) is 1.78. The monoisotopic (exact) mass is 440 g/mol. The molecule has 1 atom stereocenters. The van der Waals surface area contributed by atoms with Crippen LogP contribution in [0.1, 0.15) is 67.6 Å². The number of carboxylic acid groups (broad SMARTS) is 1. The van der Waals surface area contributed by atoms with Crippen LogP contribution in [-0.4, -0.2) is 48.0 Å². The van der Waals surface area contributed by atoms with Crippen molar-refractivity contribution in [2.24, 2.45) is 5.92 Å². The fourth-order valence-corrected chi connectivity index (χ4v) is 4.50. The van der Waals surface area contributed by atoms with Gasteiger partial charge in [0, 0.05) is 18.5 Å². The average molecular weight is 441 g/mol. The summed E-state index contributed by atoms with van der Waals surface area (Å²) in [5.41, 5.74) is 1.20. The van der Waals surface area contributed by atoms with Gasteiger partial charge in [-0.3, -0.25) is 9.59 Å². The highest BCUT2D eigenvalue weighted by Gasteiger charge is 2.27. The van der Waals surface area contributed by atoms with Gasteiger partial charge in [0.05, 0.1) is 5.75 Å². The number of fused-ring (bicyclic) bond motifs is 1. The van der Waals surface area contributed by atoms with E-state index in [1.54, 1.807) is 19.9 Å². The zero-order valence-electron chi connectivity index (χ0n) is 17.9. The number of pyridine rings is 1. The van der Waals surface area contributed by atoms with Crippen LogP contribution in [0.2, 0.25) is 0 Å². The number of aryl methyl sites for hydroxylation is 1. The van der Waals surface area contributed by atoms with Crippen LogP contribution >= 0.6 is 0 Å². The van der Waals surface area contributed by atoms with Crippen molar-refractivity contribution in [2.45, 2.75) is 71.4 Å². The molecular weight excluding hydrogens is 408 g/mol. The van der Waals surface area contributed by atoms with Crippen molar-refractivity contribution in [3.05, 3.63) is 33.2 Å². The molecule has 1 amide bonds. The number of hydrogen-bond acceptors (Lipinski definition) is 5. The molecule has 0 spiro atoms. The quantitative estimate of drug-likeness (QED) is 0.635. The number of carbonyl (C=O) groups is 2. The van der Waals surface area contributed by atoms with E-state index in [2.05, 4.69) is 5.32 Å². The van der Waals surface area contributed by atoms with Gasteiger partial charge in [-0.05, 0) is 49.7 Å². The SMILES string of the molecule is CC(C)C(NC(=O)c1cc2c(n(CCCS(C)(=O)=O)c1=O)CCCCCC2)C(=O)O. The Bertz CT molecular complexity index is 949. The van der Waals surface area contributed by atoms with E-state index < -0.39 is 33.3 Å². The molecule has 9 heteroatoms. The lowest BCUT2D eigenvalue weighted by Crippen LogP contribution is -2.46. The molecule has 0 saturated heterocycles. The Hall–Kier alpha value is -2.16. The second-order valence-electron chi connectivity index (χ2n) is 8.42. The van der Waals surface area contributed by atoms with E-state index >= 15 is 0 Å². The van der Waals surface area contributed by atoms with Gasteiger partial charge in [-0.25, -0.2) is 13.2 Å². The van der Waals surface area contributed by atoms with E-state index in [0.29, 0.717) is 6.42 Å². The zero-order chi connectivity index (χ0) is 22.5. The lowest BCUT2D eigenvalue weighted by molar-refractivity contribution is -0.140. The normalized spacial score (nSPS) is 15.7. The number of nitrogens with zero attached hydrogens (tertiary/aromatic N) is 1. The number of amides is 1. The lowest BCUT2D eigenvalue weighted by Gasteiger charge is -2.22.